The van der Waals surface area contributed by atoms with Gasteiger partial charge >= 0.3 is 5.97 Å². The van der Waals surface area contributed by atoms with Gasteiger partial charge < -0.3 is 9.47 Å². The zero-order valence-electron chi connectivity index (χ0n) is 20.5. The normalized spacial score (nSPS) is 11.8. The summed E-state index contributed by atoms with van der Waals surface area (Å²) in [5.74, 6) is 0.682. The summed E-state index contributed by atoms with van der Waals surface area (Å²) in [6.07, 6.45) is 12.6. The first kappa shape index (κ1) is 26.9. The van der Waals surface area contributed by atoms with Crippen LogP contribution in [-0.4, -0.2) is 18.7 Å². The third-order valence-electron chi connectivity index (χ3n) is 5.84. The second-order valence-electron chi connectivity index (χ2n) is 8.83. The van der Waals surface area contributed by atoms with E-state index in [0.29, 0.717) is 23.5 Å². The first-order chi connectivity index (χ1) is 16.1. The van der Waals surface area contributed by atoms with Crippen LogP contribution in [0.4, 0.5) is 4.39 Å². The molecule has 2 aromatic rings. The van der Waals surface area contributed by atoms with Crippen molar-refractivity contribution in [1.29, 1.82) is 0 Å². The van der Waals surface area contributed by atoms with E-state index in [2.05, 4.69) is 13.8 Å². The summed E-state index contributed by atoms with van der Waals surface area (Å²) in [4.78, 5) is 12.4. The van der Waals surface area contributed by atoms with Crippen LogP contribution in [0.15, 0.2) is 48.5 Å². The fraction of sp³-hybridized carbons (Fsp3) is 0.552. The minimum Gasteiger partial charge on any atom is -0.491 e. The van der Waals surface area contributed by atoms with E-state index in [0.717, 1.165) is 32.1 Å². The number of hydrogen-bond acceptors (Lipinski definition) is 3. The Kier molecular flexibility index (Phi) is 13.3. The van der Waals surface area contributed by atoms with Gasteiger partial charge in [0.05, 0.1) is 5.56 Å². The van der Waals surface area contributed by atoms with E-state index >= 15 is 0 Å². The first-order valence-electron chi connectivity index (χ1n) is 12.8. The van der Waals surface area contributed by atoms with Crippen LogP contribution in [0, 0.1) is 0 Å². The van der Waals surface area contributed by atoms with Gasteiger partial charge in [0, 0.05) is 0 Å². The fourth-order valence-corrected chi connectivity index (χ4v) is 3.75. The summed E-state index contributed by atoms with van der Waals surface area (Å²) in [6.45, 7) is 4.42. The van der Waals surface area contributed by atoms with Gasteiger partial charge in [0.15, 0.2) is 0 Å². The summed E-state index contributed by atoms with van der Waals surface area (Å²) in [5, 5.41) is 0. The average molecular weight is 457 g/mol. The molecule has 0 saturated heterocycles. The van der Waals surface area contributed by atoms with Crippen LogP contribution in [0.5, 0.6) is 11.5 Å². The van der Waals surface area contributed by atoms with Gasteiger partial charge in [-0.05, 0) is 61.2 Å². The van der Waals surface area contributed by atoms with Crippen molar-refractivity contribution in [3.05, 3.63) is 59.7 Å². The van der Waals surface area contributed by atoms with Crippen LogP contribution in [0.1, 0.15) is 100 Å². The van der Waals surface area contributed by atoms with Crippen molar-refractivity contribution in [2.24, 2.45) is 0 Å². The second kappa shape index (κ2) is 16.3. The number of esters is 1. The predicted octanol–water partition coefficient (Wildman–Crippen LogP) is 8.50. The number of rotatable bonds is 17. The van der Waals surface area contributed by atoms with Gasteiger partial charge in [0.2, 0.25) is 0 Å². The summed E-state index contributed by atoms with van der Waals surface area (Å²) in [6, 6.07) is 14.4. The van der Waals surface area contributed by atoms with E-state index in [1.165, 1.54) is 44.1 Å². The molecule has 2 aromatic carbocycles. The quantitative estimate of drug-likeness (QED) is 0.136. The molecule has 0 spiro atoms. The fourth-order valence-electron chi connectivity index (χ4n) is 3.75. The maximum Gasteiger partial charge on any atom is 0.343 e. The highest BCUT2D eigenvalue weighted by atomic mass is 19.1. The Morgan fingerprint density at radius 2 is 1.33 bits per heavy atom. The van der Waals surface area contributed by atoms with Gasteiger partial charge in [0.1, 0.15) is 24.3 Å². The monoisotopic (exact) mass is 456 g/mol. The Morgan fingerprint density at radius 1 is 0.758 bits per heavy atom. The largest absolute Gasteiger partial charge is 0.491 e. The Labute approximate surface area is 199 Å². The lowest BCUT2D eigenvalue weighted by Gasteiger charge is -2.11. The number of carbonyl (C=O) groups excluding carboxylic acids is 1. The van der Waals surface area contributed by atoms with Crippen molar-refractivity contribution >= 4 is 5.97 Å². The van der Waals surface area contributed by atoms with Gasteiger partial charge in [0.25, 0.3) is 0 Å². The molecule has 0 amide bonds. The summed E-state index contributed by atoms with van der Waals surface area (Å²) in [5.41, 5.74) is 1.71. The number of hydrogen-bond donors (Lipinski definition) is 0. The van der Waals surface area contributed by atoms with E-state index in [4.69, 9.17) is 9.47 Å². The zero-order chi connectivity index (χ0) is 23.7. The molecule has 0 saturated carbocycles. The maximum absolute atomic E-state index is 13.9. The van der Waals surface area contributed by atoms with Gasteiger partial charge in [-0.1, -0.05) is 83.8 Å². The van der Waals surface area contributed by atoms with Crippen molar-refractivity contribution < 1.29 is 18.7 Å². The lowest BCUT2D eigenvalue weighted by Crippen LogP contribution is -2.13. The van der Waals surface area contributed by atoms with Crippen molar-refractivity contribution in [3.8, 4) is 11.5 Å². The minimum absolute atomic E-state index is 0.0427. The van der Waals surface area contributed by atoms with Crippen molar-refractivity contribution in [3.63, 3.8) is 0 Å². The highest BCUT2D eigenvalue weighted by molar-refractivity contribution is 5.91. The van der Waals surface area contributed by atoms with E-state index in [1.807, 2.05) is 24.3 Å². The molecular weight excluding hydrogens is 415 g/mol. The molecule has 0 unspecified atom stereocenters. The van der Waals surface area contributed by atoms with E-state index in [1.54, 1.807) is 24.3 Å². The number of alkyl halides is 1. The number of carbonyl (C=O) groups is 1. The third-order valence-corrected chi connectivity index (χ3v) is 5.84. The molecule has 0 aliphatic heterocycles. The molecular formula is C29H41FO3. The van der Waals surface area contributed by atoms with Gasteiger partial charge in [-0.15, -0.1) is 0 Å². The molecule has 0 aromatic heterocycles. The van der Waals surface area contributed by atoms with E-state index < -0.39 is 12.1 Å². The van der Waals surface area contributed by atoms with Gasteiger partial charge in [-0.3, -0.25) is 0 Å². The lowest BCUT2D eigenvalue weighted by molar-refractivity contribution is 0.0734. The highest BCUT2D eigenvalue weighted by Gasteiger charge is 2.11. The molecule has 2 rings (SSSR count). The molecule has 0 aliphatic carbocycles. The molecule has 0 heterocycles. The van der Waals surface area contributed by atoms with Crippen LogP contribution in [-0.2, 0) is 6.42 Å². The molecule has 0 aliphatic rings. The predicted molar refractivity (Wildman–Crippen MR) is 134 cm³/mol. The molecule has 0 fully saturated rings. The van der Waals surface area contributed by atoms with Crippen LogP contribution in [0.2, 0.25) is 0 Å². The second-order valence-corrected chi connectivity index (χ2v) is 8.83. The number of benzene rings is 2. The minimum atomic E-state index is -0.962. The first-order valence-corrected chi connectivity index (χ1v) is 12.8. The summed E-state index contributed by atoms with van der Waals surface area (Å²) in [7, 11) is 0. The van der Waals surface area contributed by atoms with Gasteiger partial charge in [-0.25, -0.2) is 9.18 Å². The van der Waals surface area contributed by atoms with Crippen LogP contribution < -0.4 is 9.47 Å². The van der Waals surface area contributed by atoms with Crippen LogP contribution in [0.25, 0.3) is 0 Å². The topological polar surface area (TPSA) is 35.5 Å². The van der Waals surface area contributed by atoms with Crippen LogP contribution in [0.3, 0.4) is 0 Å². The molecule has 182 valence electrons. The van der Waals surface area contributed by atoms with Crippen LogP contribution >= 0.6 is 0 Å². The number of halogens is 1. The Hall–Kier alpha value is -2.36. The Morgan fingerprint density at radius 3 is 2.00 bits per heavy atom. The van der Waals surface area contributed by atoms with Crippen molar-refractivity contribution in [2.45, 2.75) is 97.1 Å². The summed E-state index contributed by atoms with van der Waals surface area (Å²) >= 11 is 0. The molecule has 1 atom stereocenters. The third kappa shape index (κ3) is 11.4. The highest BCUT2D eigenvalue weighted by Crippen LogP contribution is 2.19. The number of unbranched alkanes of at least 4 members (excludes halogenated alkanes) is 8. The number of aryl methyl sites for hydroxylation is 1. The van der Waals surface area contributed by atoms with E-state index in [-0.39, 0.29) is 6.61 Å². The molecule has 4 heteroatoms. The summed E-state index contributed by atoms with van der Waals surface area (Å²) < 4.78 is 24.9. The average Bonchev–Trinajstić information content (AvgIpc) is 2.84. The smallest absolute Gasteiger partial charge is 0.343 e. The standard InChI is InChI=1S/C29H41FO3/c1-3-5-7-9-10-11-13-24-15-19-28(20-16-24)33-29(31)25-17-21-27(22-18-25)32-23-26(30)14-12-8-6-4-2/h15-22,26H,3-14,23H2,1-2H3/t26-/m0/s1. The SMILES string of the molecule is CCCCCCCCc1ccc(OC(=O)c2ccc(OC[C@@H](F)CCCCCC)cc2)cc1. The molecule has 3 nitrogen and oxygen atoms in total. The molecule has 33 heavy (non-hydrogen) atoms. The lowest BCUT2D eigenvalue weighted by atomic mass is 10.0. The molecule has 0 radical (unpaired) electrons. The molecule has 0 N–H and O–H groups in total. The van der Waals surface area contributed by atoms with Crippen molar-refractivity contribution in [1.82, 2.24) is 0 Å². The Bertz CT molecular complexity index is 770. The zero-order valence-corrected chi connectivity index (χ0v) is 20.5. The maximum atomic E-state index is 13.9. The molecule has 0 bridgehead atoms. The van der Waals surface area contributed by atoms with E-state index in [9.17, 15) is 9.18 Å². The Balaban J connectivity index is 1.71. The van der Waals surface area contributed by atoms with Gasteiger partial charge in [-0.2, -0.15) is 0 Å². The van der Waals surface area contributed by atoms with Crippen molar-refractivity contribution in [2.75, 3.05) is 6.61 Å². The number of ether oxygens (including phenoxy) is 2.